The van der Waals surface area contributed by atoms with E-state index in [2.05, 4.69) is 5.92 Å². The maximum atomic E-state index is 11.3. The minimum Gasteiger partial charge on any atom is -0.361 e. The van der Waals surface area contributed by atoms with Crippen molar-refractivity contribution in [1.29, 1.82) is 0 Å². The molecule has 0 N–H and O–H groups in total. The number of ketones is 1. The third kappa shape index (κ3) is 3.88. The van der Waals surface area contributed by atoms with Gasteiger partial charge in [0, 0.05) is 6.42 Å². The second kappa shape index (κ2) is 5.95. The summed E-state index contributed by atoms with van der Waals surface area (Å²) in [6.45, 7) is 0.291. The molecule has 0 radical (unpaired) electrons. The normalized spacial score (nSPS) is 9.36. The van der Waals surface area contributed by atoms with E-state index in [1.165, 1.54) is 0 Å². The smallest absolute Gasteiger partial charge is 0.162 e. The molecule has 72 valence electrons. The van der Waals surface area contributed by atoms with Crippen LogP contribution in [0.3, 0.4) is 0 Å². The maximum absolute atomic E-state index is 11.3. The van der Waals surface area contributed by atoms with Crippen LogP contribution in [0.4, 0.5) is 0 Å². The Balaban J connectivity index is 2.32. The van der Waals surface area contributed by atoms with Crippen molar-refractivity contribution < 1.29 is 9.53 Å². The van der Waals surface area contributed by atoms with E-state index < -0.39 is 0 Å². The zero-order valence-electron chi connectivity index (χ0n) is 7.90. The quantitative estimate of drug-likeness (QED) is 0.516. The molecular weight excluding hydrogens is 176 g/mol. The molecule has 0 aliphatic heterocycles. The molecule has 0 amide bonds. The van der Waals surface area contributed by atoms with Gasteiger partial charge in [-0.05, 0) is 5.56 Å². The largest absolute Gasteiger partial charge is 0.361 e. The molecule has 1 aromatic rings. The first-order chi connectivity index (χ1) is 6.83. The second-order valence-electron chi connectivity index (χ2n) is 2.90. The predicted molar refractivity (Wildman–Crippen MR) is 54.8 cm³/mol. The van der Waals surface area contributed by atoms with Crippen LogP contribution in [0.25, 0.3) is 0 Å². The fraction of sp³-hybridized carbons (Fsp3) is 0.250. The molecular formula is C12H12O2. The van der Waals surface area contributed by atoms with Crippen LogP contribution in [0.1, 0.15) is 5.56 Å². The summed E-state index contributed by atoms with van der Waals surface area (Å²) in [4.78, 5) is 11.3. The Morgan fingerprint density at radius 2 is 2.07 bits per heavy atom. The van der Waals surface area contributed by atoms with Gasteiger partial charge in [0.1, 0.15) is 13.2 Å². The van der Waals surface area contributed by atoms with E-state index in [9.17, 15) is 4.79 Å². The number of terminal acetylenes is 1. The predicted octanol–water partition coefficient (Wildman–Crippen LogP) is 1.45. The molecule has 0 bridgehead atoms. The molecule has 0 atom stereocenters. The zero-order chi connectivity index (χ0) is 10.2. The standard InChI is InChI=1S/C12H12O2/c1-2-8-14-10-12(13)9-11-6-4-3-5-7-11/h1,3-7H,8-10H2. The van der Waals surface area contributed by atoms with Gasteiger partial charge < -0.3 is 4.74 Å². The van der Waals surface area contributed by atoms with Gasteiger partial charge in [0.25, 0.3) is 0 Å². The molecule has 0 heterocycles. The van der Waals surface area contributed by atoms with E-state index in [1.54, 1.807) is 0 Å². The molecule has 0 saturated heterocycles. The first kappa shape index (κ1) is 10.5. The van der Waals surface area contributed by atoms with E-state index >= 15 is 0 Å². The first-order valence-electron chi connectivity index (χ1n) is 4.40. The van der Waals surface area contributed by atoms with Crippen molar-refractivity contribution in [3.63, 3.8) is 0 Å². The van der Waals surface area contributed by atoms with Gasteiger partial charge in [-0.25, -0.2) is 0 Å². The van der Waals surface area contributed by atoms with Gasteiger partial charge in [0.15, 0.2) is 5.78 Å². The molecule has 0 unspecified atom stereocenters. The number of carbonyl (C=O) groups is 1. The van der Waals surface area contributed by atoms with Crippen LogP contribution in [0.15, 0.2) is 30.3 Å². The number of carbonyl (C=O) groups excluding carboxylic acids is 1. The van der Waals surface area contributed by atoms with Gasteiger partial charge in [-0.2, -0.15) is 0 Å². The fourth-order valence-electron chi connectivity index (χ4n) is 1.10. The summed E-state index contributed by atoms with van der Waals surface area (Å²) in [7, 11) is 0. The Morgan fingerprint density at radius 1 is 1.36 bits per heavy atom. The number of ether oxygens (including phenoxy) is 1. The van der Waals surface area contributed by atoms with Gasteiger partial charge in [-0.1, -0.05) is 36.3 Å². The molecule has 0 spiro atoms. The van der Waals surface area contributed by atoms with Crippen LogP contribution in [0.5, 0.6) is 0 Å². The van der Waals surface area contributed by atoms with Gasteiger partial charge >= 0.3 is 0 Å². The summed E-state index contributed by atoms with van der Waals surface area (Å²) in [6.07, 6.45) is 5.39. The SMILES string of the molecule is C#CCOCC(=O)Cc1ccccc1. The summed E-state index contributed by atoms with van der Waals surface area (Å²) in [5.41, 5.74) is 1.00. The summed E-state index contributed by atoms with van der Waals surface area (Å²) in [5.74, 6) is 2.36. The zero-order valence-corrected chi connectivity index (χ0v) is 7.90. The lowest BCUT2D eigenvalue weighted by Crippen LogP contribution is -2.11. The summed E-state index contributed by atoms with van der Waals surface area (Å²) in [5, 5.41) is 0. The molecule has 1 aromatic carbocycles. The topological polar surface area (TPSA) is 26.3 Å². The summed E-state index contributed by atoms with van der Waals surface area (Å²) in [6, 6.07) is 9.57. The molecule has 0 saturated carbocycles. The van der Waals surface area contributed by atoms with Crippen LogP contribution < -0.4 is 0 Å². The van der Waals surface area contributed by atoms with Crippen LogP contribution >= 0.6 is 0 Å². The Bertz CT molecular complexity index is 322. The molecule has 0 fully saturated rings. The third-order valence-corrected chi connectivity index (χ3v) is 1.69. The van der Waals surface area contributed by atoms with Gasteiger partial charge in [-0.3, -0.25) is 4.79 Å². The van der Waals surface area contributed by atoms with Crippen LogP contribution in [-0.2, 0) is 16.0 Å². The molecule has 2 heteroatoms. The number of benzene rings is 1. The Morgan fingerprint density at radius 3 is 2.71 bits per heavy atom. The minimum atomic E-state index is 0.0476. The van der Waals surface area contributed by atoms with Crippen molar-refractivity contribution >= 4 is 5.78 Å². The van der Waals surface area contributed by atoms with Crippen LogP contribution in [0, 0.1) is 12.3 Å². The van der Waals surface area contributed by atoms with Gasteiger partial charge in [0.2, 0.25) is 0 Å². The van der Waals surface area contributed by atoms with E-state index in [1.807, 2.05) is 30.3 Å². The minimum absolute atomic E-state index is 0.0476. The third-order valence-electron chi connectivity index (χ3n) is 1.69. The fourth-order valence-corrected chi connectivity index (χ4v) is 1.10. The van der Waals surface area contributed by atoms with Crippen molar-refractivity contribution in [3.05, 3.63) is 35.9 Å². The lowest BCUT2D eigenvalue weighted by Gasteiger charge is -2.00. The lowest BCUT2D eigenvalue weighted by molar-refractivity contribution is -0.122. The Hall–Kier alpha value is -1.59. The first-order valence-corrected chi connectivity index (χ1v) is 4.40. The van der Waals surface area contributed by atoms with E-state index in [0.29, 0.717) is 6.42 Å². The highest BCUT2D eigenvalue weighted by atomic mass is 16.5. The highest BCUT2D eigenvalue weighted by Gasteiger charge is 2.02. The highest BCUT2D eigenvalue weighted by Crippen LogP contribution is 2.00. The van der Waals surface area contributed by atoms with Crippen LogP contribution in [-0.4, -0.2) is 19.0 Å². The molecule has 0 aliphatic carbocycles. The summed E-state index contributed by atoms with van der Waals surface area (Å²) >= 11 is 0. The maximum Gasteiger partial charge on any atom is 0.162 e. The molecule has 14 heavy (non-hydrogen) atoms. The van der Waals surface area contributed by atoms with E-state index in [-0.39, 0.29) is 19.0 Å². The average molecular weight is 188 g/mol. The highest BCUT2D eigenvalue weighted by molar-refractivity contribution is 5.82. The number of hydrogen-bond acceptors (Lipinski definition) is 2. The van der Waals surface area contributed by atoms with E-state index in [4.69, 9.17) is 11.2 Å². The van der Waals surface area contributed by atoms with Gasteiger partial charge in [-0.15, -0.1) is 6.42 Å². The van der Waals surface area contributed by atoms with Crippen LogP contribution in [0.2, 0.25) is 0 Å². The summed E-state index contributed by atoms with van der Waals surface area (Å²) < 4.78 is 4.93. The van der Waals surface area contributed by atoms with Gasteiger partial charge in [0.05, 0.1) is 0 Å². The molecule has 0 aromatic heterocycles. The second-order valence-corrected chi connectivity index (χ2v) is 2.90. The van der Waals surface area contributed by atoms with E-state index in [0.717, 1.165) is 5.56 Å². The Labute approximate surface area is 83.9 Å². The van der Waals surface area contributed by atoms with Crippen molar-refractivity contribution in [2.24, 2.45) is 0 Å². The monoisotopic (exact) mass is 188 g/mol. The lowest BCUT2D eigenvalue weighted by atomic mass is 10.1. The van der Waals surface area contributed by atoms with Crippen molar-refractivity contribution in [3.8, 4) is 12.3 Å². The Kier molecular flexibility index (Phi) is 4.46. The molecule has 0 aliphatic rings. The van der Waals surface area contributed by atoms with Crippen molar-refractivity contribution in [1.82, 2.24) is 0 Å². The number of hydrogen-bond donors (Lipinski definition) is 0. The average Bonchev–Trinajstić information content (AvgIpc) is 2.20. The molecule has 1 rings (SSSR count). The van der Waals surface area contributed by atoms with Crippen molar-refractivity contribution in [2.75, 3.05) is 13.2 Å². The van der Waals surface area contributed by atoms with Crippen molar-refractivity contribution in [2.45, 2.75) is 6.42 Å². The number of rotatable bonds is 5. The number of Topliss-reactive ketones (excluding diaryl/α,β-unsaturated/α-hetero) is 1. The molecule has 2 nitrogen and oxygen atoms in total.